The van der Waals surface area contributed by atoms with Crippen molar-refractivity contribution >= 4 is 9.84 Å². The molecule has 1 heterocycles. The van der Waals surface area contributed by atoms with Crippen molar-refractivity contribution < 1.29 is 21.6 Å². The van der Waals surface area contributed by atoms with E-state index in [0.29, 0.717) is 22.8 Å². The van der Waals surface area contributed by atoms with E-state index in [9.17, 15) is 26.4 Å². The Morgan fingerprint density at radius 2 is 1.41 bits per heavy atom. The molecular formula is C23H15F3N2O3S. The van der Waals surface area contributed by atoms with Gasteiger partial charge in [0, 0.05) is 17.9 Å². The van der Waals surface area contributed by atoms with Gasteiger partial charge in [0.2, 0.25) is 0 Å². The molecule has 4 rings (SSSR count). The third kappa shape index (κ3) is 4.06. The first-order valence-electron chi connectivity index (χ1n) is 9.29. The van der Waals surface area contributed by atoms with Gasteiger partial charge in [-0.15, -0.1) is 0 Å². The molecule has 162 valence electrons. The smallest absolute Gasteiger partial charge is 0.267 e. The molecule has 0 radical (unpaired) electrons. The van der Waals surface area contributed by atoms with E-state index in [-0.39, 0.29) is 16.1 Å². The average Bonchev–Trinajstić information content (AvgIpc) is 2.74. The van der Waals surface area contributed by atoms with Crippen LogP contribution in [0.4, 0.5) is 13.2 Å². The van der Waals surface area contributed by atoms with Crippen molar-refractivity contribution in [2.45, 2.75) is 4.90 Å². The Kier molecular flexibility index (Phi) is 5.43. The largest absolute Gasteiger partial charge is 0.280 e. The number of nitrogens with zero attached hydrogens (tertiary/aromatic N) is 2. The molecule has 0 saturated heterocycles. The summed E-state index contributed by atoms with van der Waals surface area (Å²) in [5, 5.41) is 4.04. The van der Waals surface area contributed by atoms with Gasteiger partial charge in [-0.3, -0.25) is 4.79 Å². The molecule has 0 unspecified atom stereocenters. The Morgan fingerprint density at radius 1 is 0.812 bits per heavy atom. The summed E-state index contributed by atoms with van der Waals surface area (Å²) in [5.41, 5.74) is 0.284. The zero-order valence-electron chi connectivity index (χ0n) is 16.6. The molecule has 0 atom stereocenters. The summed E-state index contributed by atoms with van der Waals surface area (Å²) < 4.78 is 65.4. The highest BCUT2D eigenvalue weighted by molar-refractivity contribution is 7.90. The van der Waals surface area contributed by atoms with Gasteiger partial charge in [-0.25, -0.2) is 21.6 Å². The zero-order chi connectivity index (χ0) is 23.0. The quantitative estimate of drug-likeness (QED) is 0.457. The molecule has 3 aromatic carbocycles. The van der Waals surface area contributed by atoms with Gasteiger partial charge in [-0.1, -0.05) is 24.3 Å². The van der Waals surface area contributed by atoms with Gasteiger partial charge in [0.15, 0.2) is 15.7 Å². The lowest BCUT2D eigenvalue weighted by atomic mass is 9.97. The third-order valence-corrected chi connectivity index (χ3v) is 5.97. The van der Waals surface area contributed by atoms with Gasteiger partial charge in [-0.2, -0.15) is 9.78 Å². The molecule has 5 nitrogen and oxygen atoms in total. The van der Waals surface area contributed by atoms with Crippen LogP contribution in [-0.4, -0.2) is 24.5 Å². The summed E-state index contributed by atoms with van der Waals surface area (Å²) in [4.78, 5) is 13.5. The van der Waals surface area contributed by atoms with Crippen molar-refractivity contribution in [3.05, 3.63) is 101 Å². The third-order valence-electron chi connectivity index (χ3n) is 4.84. The standard InChI is InChI=1S/C23H15F3N2O3S/c1-32(30,31)18-9-4-14(5-10-18)19-13-27-28(21-11-8-17(25)12-20(21)26)23(29)22(19)15-2-6-16(24)7-3-15/h2-13H,1H3. The first kappa shape index (κ1) is 21.5. The average molecular weight is 456 g/mol. The van der Waals surface area contributed by atoms with Crippen molar-refractivity contribution in [2.75, 3.05) is 6.26 Å². The summed E-state index contributed by atoms with van der Waals surface area (Å²) in [6, 6.07) is 13.7. The highest BCUT2D eigenvalue weighted by atomic mass is 32.2. The van der Waals surface area contributed by atoms with Crippen LogP contribution in [0.1, 0.15) is 0 Å². The molecule has 0 amide bonds. The second-order valence-corrected chi connectivity index (χ2v) is 9.07. The van der Waals surface area contributed by atoms with E-state index in [0.717, 1.165) is 23.1 Å². The van der Waals surface area contributed by atoms with Crippen molar-refractivity contribution in [1.82, 2.24) is 9.78 Å². The summed E-state index contributed by atoms with van der Waals surface area (Å²) in [7, 11) is -3.42. The molecule has 0 N–H and O–H groups in total. The highest BCUT2D eigenvalue weighted by Gasteiger charge is 2.19. The maximum absolute atomic E-state index is 14.3. The molecule has 0 aliphatic rings. The number of rotatable bonds is 4. The SMILES string of the molecule is CS(=O)(=O)c1ccc(-c2cnn(-c3ccc(F)cc3F)c(=O)c2-c2ccc(F)cc2)cc1. The van der Waals surface area contributed by atoms with Crippen molar-refractivity contribution in [3.8, 4) is 27.9 Å². The number of hydrogen-bond donors (Lipinski definition) is 0. The molecule has 1 aromatic heterocycles. The van der Waals surface area contributed by atoms with E-state index >= 15 is 0 Å². The Labute approximate surface area is 181 Å². The molecule has 32 heavy (non-hydrogen) atoms. The van der Waals surface area contributed by atoms with Gasteiger partial charge in [0.1, 0.15) is 17.3 Å². The van der Waals surface area contributed by atoms with Crippen molar-refractivity contribution in [1.29, 1.82) is 0 Å². The van der Waals surface area contributed by atoms with E-state index < -0.39 is 32.8 Å². The molecule has 0 bridgehead atoms. The molecule has 0 fully saturated rings. The predicted octanol–water partition coefficient (Wildman–Crippen LogP) is 4.39. The van der Waals surface area contributed by atoms with Gasteiger partial charge < -0.3 is 0 Å². The number of halogens is 3. The van der Waals surface area contributed by atoms with Crippen LogP contribution in [0.15, 0.2) is 82.6 Å². The minimum Gasteiger partial charge on any atom is -0.267 e. The zero-order valence-corrected chi connectivity index (χ0v) is 17.4. The van der Waals surface area contributed by atoms with Crippen LogP contribution in [0.2, 0.25) is 0 Å². The van der Waals surface area contributed by atoms with Gasteiger partial charge >= 0.3 is 0 Å². The molecule has 9 heteroatoms. The van der Waals surface area contributed by atoms with Crippen molar-refractivity contribution in [3.63, 3.8) is 0 Å². The van der Waals surface area contributed by atoms with E-state index in [2.05, 4.69) is 5.10 Å². The number of sulfone groups is 1. The highest BCUT2D eigenvalue weighted by Crippen LogP contribution is 2.30. The van der Waals surface area contributed by atoms with Crippen LogP contribution in [0, 0.1) is 17.5 Å². The molecule has 0 spiro atoms. The molecule has 4 aromatic rings. The maximum Gasteiger partial charge on any atom is 0.280 e. The van der Waals surface area contributed by atoms with Crippen LogP contribution < -0.4 is 5.56 Å². The predicted molar refractivity (Wildman–Crippen MR) is 114 cm³/mol. The van der Waals surface area contributed by atoms with Crippen LogP contribution >= 0.6 is 0 Å². The van der Waals surface area contributed by atoms with E-state index in [1.165, 1.54) is 54.7 Å². The lowest BCUT2D eigenvalue weighted by molar-refractivity contribution is 0.571. The lowest BCUT2D eigenvalue weighted by Gasteiger charge is -2.13. The summed E-state index contributed by atoms with van der Waals surface area (Å²) in [6.07, 6.45) is 2.39. The van der Waals surface area contributed by atoms with Gasteiger partial charge in [0.05, 0.1) is 16.7 Å². The van der Waals surface area contributed by atoms with Crippen LogP contribution in [0.25, 0.3) is 27.9 Å². The lowest BCUT2D eigenvalue weighted by Crippen LogP contribution is -2.24. The Bertz CT molecular complexity index is 1480. The topological polar surface area (TPSA) is 69.0 Å². The fraction of sp³-hybridized carbons (Fsp3) is 0.0435. The maximum atomic E-state index is 14.3. The first-order chi connectivity index (χ1) is 15.1. The summed E-state index contributed by atoms with van der Waals surface area (Å²) in [6.45, 7) is 0. The number of hydrogen-bond acceptors (Lipinski definition) is 4. The monoisotopic (exact) mass is 456 g/mol. The number of aromatic nitrogens is 2. The molecule has 0 aliphatic carbocycles. The molecule has 0 saturated carbocycles. The Balaban J connectivity index is 1.97. The van der Waals surface area contributed by atoms with Crippen LogP contribution in [-0.2, 0) is 9.84 Å². The van der Waals surface area contributed by atoms with E-state index in [1.807, 2.05) is 0 Å². The van der Waals surface area contributed by atoms with Crippen LogP contribution in [0.3, 0.4) is 0 Å². The van der Waals surface area contributed by atoms with Crippen molar-refractivity contribution in [2.24, 2.45) is 0 Å². The Morgan fingerprint density at radius 3 is 2.00 bits per heavy atom. The minimum atomic E-state index is -3.42. The summed E-state index contributed by atoms with van der Waals surface area (Å²) >= 11 is 0. The van der Waals surface area contributed by atoms with E-state index in [1.54, 1.807) is 0 Å². The first-order valence-corrected chi connectivity index (χ1v) is 11.2. The van der Waals surface area contributed by atoms with Crippen LogP contribution in [0.5, 0.6) is 0 Å². The summed E-state index contributed by atoms with van der Waals surface area (Å²) in [5.74, 6) is -2.29. The fourth-order valence-corrected chi connectivity index (χ4v) is 3.90. The van der Waals surface area contributed by atoms with Gasteiger partial charge in [0.25, 0.3) is 5.56 Å². The fourth-order valence-electron chi connectivity index (χ4n) is 3.27. The second kappa shape index (κ2) is 8.08. The minimum absolute atomic E-state index is 0.0934. The van der Waals surface area contributed by atoms with Gasteiger partial charge in [-0.05, 0) is 47.5 Å². The number of benzene rings is 3. The Hall–Kier alpha value is -3.72. The normalized spacial score (nSPS) is 11.5. The second-order valence-electron chi connectivity index (χ2n) is 7.05. The van der Waals surface area contributed by atoms with E-state index in [4.69, 9.17) is 0 Å². The molecule has 0 aliphatic heterocycles. The molecular weight excluding hydrogens is 441 g/mol.